The van der Waals surface area contributed by atoms with Gasteiger partial charge in [-0.25, -0.2) is 0 Å². The number of alkyl halides is 3. The van der Waals surface area contributed by atoms with E-state index in [2.05, 4.69) is 10.1 Å². The first-order valence-electron chi connectivity index (χ1n) is 8.41. The largest absolute Gasteiger partial charge is 0.406 e. The summed E-state index contributed by atoms with van der Waals surface area (Å²) in [6.07, 6.45) is -2.57. The van der Waals surface area contributed by atoms with Crippen LogP contribution in [-0.4, -0.2) is 58.2 Å². The first-order valence-corrected chi connectivity index (χ1v) is 8.41. The smallest absolute Gasteiger partial charge is 0.338 e. The first kappa shape index (κ1) is 22.7. The zero-order valence-electron chi connectivity index (χ0n) is 14.7. The number of halogens is 4. The van der Waals surface area contributed by atoms with E-state index in [1.54, 1.807) is 6.92 Å². The molecular weight excluding hydrogens is 375 g/mol. The SMILES string of the molecule is CCCN(CC(F)(F)F)C(=O)C1CCCN(Cc2noc(CN)n2)C1.Cl. The van der Waals surface area contributed by atoms with E-state index in [1.807, 2.05) is 4.90 Å². The van der Waals surface area contributed by atoms with Gasteiger partial charge < -0.3 is 15.2 Å². The summed E-state index contributed by atoms with van der Waals surface area (Å²) >= 11 is 0. The van der Waals surface area contributed by atoms with Gasteiger partial charge in [0.1, 0.15) is 6.54 Å². The summed E-state index contributed by atoms with van der Waals surface area (Å²) in [5.74, 6) is -0.0728. The molecule has 1 saturated heterocycles. The van der Waals surface area contributed by atoms with Gasteiger partial charge >= 0.3 is 6.18 Å². The Morgan fingerprint density at radius 3 is 2.77 bits per heavy atom. The molecule has 7 nitrogen and oxygen atoms in total. The van der Waals surface area contributed by atoms with Crippen LogP contribution in [0.25, 0.3) is 0 Å². The highest BCUT2D eigenvalue weighted by molar-refractivity contribution is 5.85. The average molecular weight is 400 g/mol. The highest BCUT2D eigenvalue weighted by Crippen LogP contribution is 2.23. The maximum atomic E-state index is 12.7. The van der Waals surface area contributed by atoms with Crippen molar-refractivity contribution in [1.29, 1.82) is 0 Å². The third-order valence-corrected chi connectivity index (χ3v) is 4.08. The normalized spacial score (nSPS) is 18.4. The number of nitrogens with zero attached hydrogens (tertiary/aromatic N) is 4. The van der Waals surface area contributed by atoms with Crippen LogP contribution >= 0.6 is 12.4 Å². The van der Waals surface area contributed by atoms with Crippen molar-refractivity contribution in [1.82, 2.24) is 19.9 Å². The van der Waals surface area contributed by atoms with E-state index in [9.17, 15) is 18.0 Å². The number of rotatable bonds is 7. The molecule has 150 valence electrons. The maximum absolute atomic E-state index is 12.7. The zero-order chi connectivity index (χ0) is 18.4. The van der Waals surface area contributed by atoms with Crippen LogP contribution in [0.2, 0.25) is 0 Å². The number of amides is 1. The molecule has 2 rings (SSSR count). The minimum absolute atomic E-state index is 0. The molecule has 1 amide bonds. The summed E-state index contributed by atoms with van der Waals surface area (Å²) in [5, 5.41) is 3.81. The topological polar surface area (TPSA) is 88.5 Å². The lowest BCUT2D eigenvalue weighted by Gasteiger charge is -2.34. The molecule has 0 saturated carbocycles. The van der Waals surface area contributed by atoms with E-state index in [-0.39, 0.29) is 25.5 Å². The van der Waals surface area contributed by atoms with Gasteiger partial charge in [-0.15, -0.1) is 12.4 Å². The Morgan fingerprint density at radius 1 is 1.46 bits per heavy atom. The van der Waals surface area contributed by atoms with Gasteiger partial charge in [0.15, 0.2) is 5.82 Å². The highest BCUT2D eigenvalue weighted by atomic mass is 35.5. The number of likely N-dealkylation sites (tertiary alicyclic amines) is 1. The molecule has 0 spiro atoms. The van der Waals surface area contributed by atoms with Crippen LogP contribution in [0.4, 0.5) is 13.2 Å². The van der Waals surface area contributed by atoms with Gasteiger partial charge in [0, 0.05) is 13.1 Å². The Balaban J connectivity index is 0.00000338. The van der Waals surface area contributed by atoms with Gasteiger partial charge in [-0.05, 0) is 25.8 Å². The molecule has 0 bridgehead atoms. The molecule has 1 fully saturated rings. The van der Waals surface area contributed by atoms with Crippen LogP contribution in [0.15, 0.2) is 4.52 Å². The minimum Gasteiger partial charge on any atom is -0.338 e. The lowest BCUT2D eigenvalue weighted by Crippen LogP contribution is -2.47. The Hall–Kier alpha value is -1.39. The number of hydrogen-bond acceptors (Lipinski definition) is 6. The van der Waals surface area contributed by atoms with E-state index in [1.165, 1.54) is 0 Å². The summed E-state index contributed by atoms with van der Waals surface area (Å²) in [6, 6.07) is 0. The molecule has 0 radical (unpaired) electrons. The Bertz CT molecular complexity index is 570. The third-order valence-electron chi connectivity index (χ3n) is 4.08. The van der Waals surface area contributed by atoms with Gasteiger partial charge in [-0.1, -0.05) is 12.1 Å². The van der Waals surface area contributed by atoms with Crippen LogP contribution in [0.5, 0.6) is 0 Å². The van der Waals surface area contributed by atoms with E-state index < -0.39 is 24.5 Å². The first-order chi connectivity index (χ1) is 11.8. The second kappa shape index (κ2) is 10.1. The molecule has 2 heterocycles. The fourth-order valence-electron chi connectivity index (χ4n) is 3.05. The molecule has 0 aromatic carbocycles. The lowest BCUT2D eigenvalue weighted by molar-refractivity contribution is -0.164. The number of nitrogens with two attached hydrogens (primary N) is 1. The molecule has 11 heteroatoms. The number of aromatic nitrogens is 2. The molecule has 0 aliphatic carbocycles. The molecule has 1 atom stereocenters. The standard InChI is InChI=1S/C15H24F3N5O2.ClH/c1-2-5-23(10-15(16,17)18)14(24)11-4-3-6-22(8-11)9-12-20-13(7-19)25-21-12;/h11H,2-10,19H2,1H3;1H. The maximum Gasteiger partial charge on any atom is 0.406 e. The van der Waals surface area contributed by atoms with E-state index in [4.69, 9.17) is 10.3 Å². The molecule has 2 N–H and O–H groups in total. The zero-order valence-corrected chi connectivity index (χ0v) is 15.5. The fourth-order valence-corrected chi connectivity index (χ4v) is 3.05. The Morgan fingerprint density at radius 2 is 2.19 bits per heavy atom. The monoisotopic (exact) mass is 399 g/mol. The number of piperidine rings is 1. The van der Waals surface area contributed by atoms with Gasteiger partial charge in [-0.2, -0.15) is 18.2 Å². The van der Waals surface area contributed by atoms with Crippen molar-refractivity contribution in [3.05, 3.63) is 11.7 Å². The van der Waals surface area contributed by atoms with E-state index in [0.29, 0.717) is 37.6 Å². The second-order valence-corrected chi connectivity index (χ2v) is 6.26. The van der Waals surface area contributed by atoms with Crippen molar-refractivity contribution in [3.63, 3.8) is 0 Å². The van der Waals surface area contributed by atoms with Crippen molar-refractivity contribution in [2.45, 2.75) is 45.5 Å². The predicted molar refractivity (Wildman–Crippen MR) is 90.4 cm³/mol. The van der Waals surface area contributed by atoms with Crippen LogP contribution < -0.4 is 5.73 Å². The van der Waals surface area contributed by atoms with Crippen molar-refractivity contribution in [2.75, 3.05) is 26.2 Å². The van der Waals surface area contributed by atoms with Crippen LogP contribution in [0.3, 0.4) is 0 Å². The molecule has 1 aliphatic heterocycles. The van der Waals surface area contributed by atoms with Gasteiger partial charge in [0.05, 0.1) is 19.0 Å². The van der Waals surface area contributed by atoms with Gasteiger partial charge in [-0.3, -0.25) is 9.69 Å². The van der Waals surface area contributed by atoms with Crippen molar-refractivity contribution in [3.8, 4) is 0 Å². The predicted octanol–water partition coefficient (Wildman–Crippen LogP) is 1.96. The highest BCUT2D eigenvalue weighted by Gasteiger charge is 2.36. The van der Waals surface area contributed by atoms with Crippen molar-refractivity contribution < 1.29 is 22.5 Å². The Labute approximate surface area is 156 Å². The number of carbonyl (C=O) groups excluding carboxylic acids is 1. The molecule has 1 unspecified atom stereocenters. The fraction of sp³-hybridized carbons (Fsp3) is 0.800. The second-order valence-electron chi connectivity index (χ2n) is 6.26. The van der Waals surface area contributed by atoms with Crippen molar-refractivity contribution in [2.24, 2.45) is 11.7 Å². The number of hydrogen-bond donors (Lipinski definition) is 1. The van der Waals surface area contributed by atoms with E-state index >= 15 is 0 Å². The molecule has 1 aromatic rings. The van der Waals surface area contributed by atoms with Crippen molar-refractivity contribution >= 4 is 18.3 Å². The summed E-state index contributed by atoms with van der Waals surface area (Å²) in [4.78, 5) is 19.6. The summed E-state index contributed by atoms with van der Waals surface area (Å²) in [6.45, 7) is 2.35. The lowest BCUT2D eigenvalue weighted by atomic mass is 9.96. The van der Waals surface area contributed by atoms with Crippen LogP contribution in [0.1, 0.15) is 37.9 Å². The summed E-state index contributed by atoms with van der Waals surface area (Å²) < 4.78 is 43.1. The molecular formula is C15H25ClF3N5O2. The Kier molecular flexibility index (Phi) is 8.78. The molecule has 1 aliphatic rings. The van der Waals surface area contributed by atoms with Crippen LogP contribution in [-0.2, 0) is 17.9 Å². The third kappa shape index (κ3) is 6.73. The minimum atomic E-state index is -4.39. The van der Waals surface area contributed by atoms with Crippen LogP contribution in [0, 0.1) is 5.92 Å². The van der Waals surface area contributed by atoms with Gasteiger partial charge in [0.2, 0.25) is 11.8 Å². The average Bonchev–Trinajstić information content (AvgIpc) is 3.00. The number of carbonyl (C=O) groups is 1. The molecule has 1 aromatic heterocycles. The summed E-state index contributed by atoms with van der Waals surface area (Å²) in [7, 11) is 0. The quantitative estimate of drug-likeness (QED) is 0.754. The van der Waals surface area contributed by atoms with E-state index in [0.717, 1.165) is 17.9 Å². The summed E-state index contributed by atoms with van der Waals surface area (Å²) in [5.41, 5.74) is 5.42. The molecule has 26 heavy (non-hydrogen) atoms. The van der Waals surface area contributed by atoms with Gasteiger partial charge in [0.25, 0.3) is 0 Å².